The standard InChI is InChI=1S/C17H14O5/c18-13(12-6-8-15(20)17(22)10-12)4-2-1-3-11-5-7-14(19)16(21)9-11/h1-10,19-22H. The fourth-order valence-electron chi connectivity index (χ4n) is 1.73. The van der Waals surface area contributed by atoms with E-state index in [1.165, 1.54) is 42.5 Å². The largest absolute Gasteiger partial charge is 0.504 e. The molecule has 22 heavy (non-hydrogen) atoms. The molecule has 0 saturated heterocycles. The number of hydrogen-bond acceptors (Lipinski definition) is 5. The highest BCUT2D eigenvalue weighted by Gasteiger charge is 2.05. The molecule has 0 heterocycles. The predicted molar refractivity (Wildman–Crippen MR) is 82.0 cm³/mol. The fraction of sp³-hybridized carbons (Fsp3) is 0. The van der Waals surface area contributed by atoms with E-state index in [2.05, 4.69) is 0 Å². The first-order chi connectivity index (χ1) is 10.5. The molecule has 0 spiro atoms. The van der Waals surface area contributed by atoms with Crippen LogP contribution < -0.4 is 0 Å². The van der Waals surface area contributed by atoms with E-state index in [0.717, 1.165) is 0 Å². The van der Waals surface area contributed by atoms with Crippen LogP contribution in [0.1, 0.15) is 15.9 Å². The lowest BCUT2D eigenvalue weighted by atomic mass is 10.1. The summed E-state index contributed by atoms with van der Waals surface area (Å²) in [5, 5.41) is 37.0. The zero-order valence-corrected chi connectivity index (χ0v) is 11.5. The van der Waals surface area contributed by atoms with Gasteiger partial charge in [-0.3, -0.25) is 4.79 Å². The molecule has 0 bridgehead atoms. The summed E-state index contributed by atoms with van der Waals surface area (Å²) in [6.45, 7) is 0. The van der Waals surface area contributed by atoms with Crippen molar-refractivity contribution in [1.82, 2.24) is 0 Å². The van der Waals surface area contributed by atoms with Crippen LogP contribution in [0.5, 0.6) is 23.0 Å². The van der Waals surface area contributed by atoms with Crippen molar-refractivity contribution in [3.63, 3.8) is 0 Å². The monoisotopic (exact) mass is 298 g/mol. The van der Waals surface area contributed by atoms with Crippen molar-refractivity contribution >= 4 is 11.9 Å². The van der Waals surface area contributed by atoms with Crippen LogP contribution in [-0.2, 0) is 0 Å². The van der Waals surface area contributed by atoms with Gasteiger partial charge < -0.3 is 20.4 Å². The van der Waals surface area contributed by atoms with E-state index in [9.17, 15) is 25.2 Å². The highest BCUT2D eigenvalue weighted by molar-refractivity contribution is 6.05. The molecular weight excluding hydrogens is 284 g/mol. The molecule has 5 heteroatoms. The summed E-state index contributed by atoms with van der Waals surface area (Å²) < 4.78 is 0. The van der Waals surface area contributed by atoms with Gasteiger partial charge in [0.25, 0.3) is 0 Å². The number of benzene rings is 2. The minimum atomic E-state index is -0.352. The lowest BCUT2D eigenvalue weighted by Crippen LogP contribution is -1.93. The zero-order chi connectivity index (χ0) is 16.1. The molecule has 0 atom stereocenters. The SMILES string of the molecule is O=C(C=CC=Cc1ccc(O)c(O)c1)c1ccc(O)c(O)c1. The molecule has 0 aliphatic rings. The highest BCUT2D eigenvalue weighted by Crippen LogP contribution is 2.26. The molecule has 0 aliphatic heterocycles. The molecule has 4 N–H and O–H groups in total. The Morgan fingerprint density at radius 2 is 1.41 bits per heavy atom. The van der Waals surface area contributed by atoms with Crippen LogP contribution in [0, 0.1) is 0 Å². The van der Waals surface area contributed by atoms with Crippen molar-refractivity contribution in [1.29, 1.82) is 0 Å². The van der Waals surface area contributed by atoms with E-state index < -0.39 is 0 Å². The van der Waals surface area contributed by atoms with E-state index in [0.29, 0.717) is 5.56 Å². The smallest absolute Gasteiger partial charge is 0.185 e. The van der Waals surface area contributed by atoms with Crippen molar-refractivity contribution in [2.24, 2.45) is 0 Å². The molecular formula is C17H14O5. The van der Waals surface area contributed by atoms with Crippen LogP contribution in [-0.4, -0.2) is 26.2 Å². The molecule has 5 nitrogen and oxygen atoms in total. The van der Waals surface area contributed by atoms with E-state index in [4.69, 9.17) is 0 Å². The fourth-order valence-corrected chi connectivity index (χ4v) is 1.73. The summed E-state index contributed by atoms with van der Waals surface area (Å²) >= 11 is 0. The van der Waals surface area contributed by atoms with Crippen LogP contribution in [0.4, 0.5) is 0 Å². The molecule has 2 aromatic rings. The van der Waals surface area contributed by atoms with Gasteiger partial charge in [0.15, 0.2) is 28.8 Å². The first kappa shape index (κ1) is 15.2. The van der Waals surface area contributed by atoms with Crippen molar-refractivity contribution in [3.8, 4) is 23.0 Å². The first-order valence-corrected chi connectivity index (χ1v) is 6.40. The molecule has 0 fully saturated rings. The number of carbonyl (C=O) groups excluding carboxylic acids is 1. The lowest BCUT2D eigenvalue weighted by Gasteiger charge is -1.99. The van der Waals surface area contributed by atoms with Crippen molar-refractivity contribution in [2.75, 3.05) is 0 Å². The van der Waals surface area contributed by atoms with E-state index in [-0.39, 0.29) is 34.3 Å². The van der Waals surface area contributed by atoms with Gasteiger partial charge in [0.1, 0.15) is 0 Å². The number of phenolic OH excluding ortho intramolecular Hbond substituents is 4. The molecule has 0 unspecified atom stereocenters. The number of allylic oxidation sites excluding steroid dienone is 3. The summed E-state index contributed by atoms with van der Waals surface area (Å²) in [6.07, 6.45) is 6.07. The molecule has 112 valence electrons. The second-order valence-corrected chi connectivity index (χ2v) is 4.53. The van der Waals surface area contributed by atoms with Crippen molar-refractivity contribution < 1.29 is 25.2 Å². The van der Waals surface area contributed by atoms with Gasteiger partial charge >= 0.3 is 0 Å². The number of hydrogen-bond donors (Lipinski definition) is 4. The van der Waals surface area contributed by atoms with Gasteiger partial charge in [-0.2, -0.15) is 0 Å². The Bertz CT molecular complexity index is 760. The molecule has 0 saturated carbocycles. The third-order valence-corrected chi connectivity index (χ3v) is 2.91. The van der Waals surface area contributed by atoms with Crippen LogP contribution in [0.15, 0.2) is 54.6 Å². The van der Waals surface area contributed by atoms with Crippen LogP contribution in [0.25, 0.3) is 6.08 Å². The van der Waals surface area contributed by atoms with Gasteiger partial charge in [-0.05, 0) is 42.0 Å². The number of aromatic hydroxyl groups is 4. The number of rotatable bonds is 4. The number of ketones is 1. The van der Waals surface area contributed by atoms with Gasteiger partial charge in [-0.1, -0.05) is 24.3 Å². The van der Waals surface area contributed by atoms with Gasteiger partial charge in [0.2, 0.25) is 0 Å². The Labute approximate surface area is 126 Å². The van der Waals surface area contributed by atoms with Gasteiger partial charge in [-0.25, -0.2) is 0 Å². The summed E-state index contributed by atoms with van der Waals surface area (Å²) in [7, 11) is 0. The number of carbonyl (C=O) groups is 1. The van der Waals surface area contributed by atoms with Gasteiger partial charge in [0.05, 0.1) is 0 Å². The van der Waals surface area contributed by atoms with Crippen LogP contribution in [0.2, 0.25) is 0 Å². The molecule has 0 radical (unpaired) electrons. The van der Waals surface area contributed by atoms with E-state index in [1.54, 1.807) is 18.2 Å². The highest BCUT2D eigenvalue weighted by atomic mass is 16.3. The Kier molecular flexibility index (Phi) is 4.48. The summed E-state index contributed by atoms with van der Waals surface area (Å²) in [4.78, 5) is 11.8. The average Bonchev–Trinajstić information content (AvgIpc) is 2.49. The van der Waals surface area contributed by atoms with Gasteiger partial charge in [0, 0.05) is 5.56 Å². The predicted octanol–water partition coefficient (Wildman–Crippen LogP) is 2.96. The minimum Gasteiger partial charge on any atom is -0.504 e. The first-order valence-electron chi connectivity index (χ1n) is 6.40. The average molecular weight is 298 g/mol. The van der Waals surface area contributed by atoms with E-state index >= 15 is 0 Å². The van der Waals surface area contributed by atoms with Crippen LogP contribution in [0.3, 0.4) is 0 Å². The second kappa shape index (κ2) is 6.49. The maximum atomic E-state index is 11.8. The normalized spacial score (nSPS) is 11.3. The minimum absolute atomic E-state index is 0.199. The Balaban J connectivity index is 2.04. The Hall–Kier alpha value is -3.21. The molecule has 0 aromatic heterocycles. The Morgan fingerprint density at radius 1 is 0.773 bits per heavy atom. The zero-order valence-electron chi connectivity index (χ0n) is 11.5. The summed E-state index contributed by atoms with van der Waals surface area (Å²) in [6, 6.07) is 8.19. The topological polar surface area (TPSA) is 98.0 Å². The summed E-state index contributed by atoms with van der Waals surface area (Å²) in [5.41, 5.74) is 0.914. The van der Waals surface area contributed by atoms with Crippen molar-refractivity contribution in [3.05, 3.63) is 65.8 Å². The van der Waals surface area contributed by atoms with Crippen molar-refractivity contribution in [2.45, 2.75) is 0 Å². The van der Waals surface area contributed by atoms with Crippen LogP contribution >= 0.6 is 0 Å². The molecule has 0 aliphatic carbocycles. The van der Waals surface area contributed by atoms with E-state index in [1.807, 2.05) is 0 Å². The lowest BCUT2D eigenvalue weighted by molar-refractivity contribution is 0.104. The third kappa shape index (κ3) is 3.67. The van der Waals surface area contributed by atoms with Gasteiger partial charge in [-0.15, -0.1) is 0 Å². The Morgan fingerprint density at radius 3 is 2.05 bits per heavy atom. The number of phenols is 4. The quantitative estimate of drug-likeness (QED) is 0.301. The second-order valence-electron chi connectivity index (χ2n) is 4.53. The summed E-state index contributed by atoms with van der Waals surface area (Å²) in [5.74, 6) is -1.38. The maximum Gasteiger partial charge on any atom is 0.185 e. The molecule has 2 rings (SSSR count). The molecule has 2 aromatic carbocycles. The third-order valence-electron chi connectivity index (χ3n) is 2.91. The molecule has 0 amide bonds. The maximum absolute atomic E-state index is 11.8.